The van der Waals surface area contributed by atoms with E-state index in [1.165, 1.54) is 12.1 Å². The molecule has 0 radical (unpaired) electrons. The number of benzene rings is 2. The van der Waals surface area contributed by atoms with Gasteiger partial charge < -0.3 is 5.32 Å². The van der Waals surface area contributed by atoms with Gasteiger partial charge in [-0.25, -0.2) is 13.6 Å². The van der Waals surface area contributed by atoms with Gasteiger partial charge in [0.05, 0.1) is 10.9 Å². The first kappa shape index (κ1) is 19.5. The molecule has 0 bridgehead atoms. The van der Waals surface area contributed by atoms with Gasteiger partial charge in [0.25, 0.3) is 5.91 Å². The van der Waals surface area contributed by atoms with Gasteiger partial charge in [0.2, 0.25) is 10.0 Å². The largest absolute Gasteiger partial charge is 0.346 e. The molecule has 0 aliphatic heterocycles. The van der Waals surface area contributed by atoms with E-state index in [1.54, 1.807) is 43.0 Å². The number of hydrogen-bond donors (Lipinski definition) is 2. The molecule has 0 spiro atoms. The van der Waals surface area contributed by atoms with E-state index in [1.807, 2.05) is 12.1 Å². The van der Waals surface area contributed by atoms with E-state index in [4.69, 9.17) is 5.14 Å². The Morgan fingerprint density at radius 3 is 2.28 bits per heavy atom. The van der Waals surface area contributed by atoms with Crippen molar-refractivity contribution in [2.45, 2.75) is 41.9 Å². The second-order valence-electron chi connectivity index (χ2n) is 6.00. The molecule has 2 aromatic carbocycles. The van der Waals surface area contributed by atoms with Gasteiger partial charge in [-0.05, 0) is 48.9 Å². The highest BCUT2D eigenvalue weighted by atomic mass is 32.2. The zero-order valence-corrected chi connectivity index (χ0v) is 16.0. The van der Waals surface area contributed by atoms with Crippen LogP contribution in [0.5, 0.6) is 0 Å². The molecular formula is C18H22N2O3S2. The first-order valence-corrected chi connectivity index (χ1v) is 10.3. The lowest BCUT2D eigenvalue weighted by atomic mass is 10.1. The maximum atomic E-state index is 12.4. The first-order valence-electron chi connectivity index (χ1n) is 7.87. The van der Waals surface area contributed by atoms with Gasteiger partial charge in [0.15, 0.2) is 0 Å². The van der Waals surface area contributed by atoms with Crippen molar-refractivity contribution >= 4 is 27.7 Å². The van der Waals surface area contributed by atoms with Crippen molar-refractivity contribution in [1.82, 2.24) is 5.32 Å². The molecule has 1 atom stereocenters. The summed E-state index contributed by atoms with van der Waals surface area (Å²) in [4.78, 5) is 13.5. The topological polar surface area (TPSA) is 89.3 Å². The lowest BCUT2D eigenvalue weighted by Gasteiger charge is -2.15. The van der Waals surface area contributed by atoms with E-state index < -0.39 is 10.0 Å². The number of carbonyl (C=O) groups excluding carboxylic acids is 1. The van der Waals surface area contributed by atoms with E-state index in [-0.39, 0.29) is 16.8 Å². The fourth-order valence-electron chi connectivity index (χ4n) is 2.28. The average Bonchev–Trinajstić information content (AvgIpc) is 2.54. The van der Waals surface area contributed by atoms with Crippen molar-refractivity contribution in [2.75, 3.05) is 0 Å². The van der Waals surface area contributed by atoms with Crippen LogP contribution in [0.4, 0.5) is 0 Å². The molecule has 25 heavy (non-hydrogen) atoms. The minimum atomic E-state index is -3.77. The molecule has 3 N–H and O–H groups in total. The van der Waals surface area contributed by atoms with Crippen LogP contribution in [-0.4, -0.2) is 19.6 Å². The van der Waals surface area contributed by atoms with Gasteiger partial charge in [-0.1, -0.05) is 26.0 Å². The Bertz CT molecular complexity index is 847. The van der Waals surface area contributed by atoms with Crippen LogP contribution >= 0.6 is 11.8 Å². The molecular weight excluding hydrogens is 356 g/mol. The number of amides is 1. The number of thioether (sulfide) groups is 1. The summed E-state index contributed by atoms with van der Waals surface area (Å²) in [5.41, 5.74) is 1.23. The molecule has 5 nitrogen and oxygen atoms in total. The van der Waals surface area contributed by atoms with Crippen LogP contribution in [-0.2, 0) is 10.0 Å². The molecule has 0 aromatic heterocycles. The minimum Gasteiger partial charge on any atom is -0.346 e. The van der Waals surface area contributed by atoms with Crippen LogP contribution in [0.15, 0.2) is 58.3 Å². The van der Waals surface area contributed by atoms with Crippen molar-refractivity contribution < 1.29 is 13.2 Å². The summed E-state index contributed by atoms with van der Waals surface area (Å²) < 4.78 is 22.9. The van der Waals surface area contributed by atoms with Crippen LogP contribution in [0.2, 0.25) is 0 Å². The minimum absolute atomic E-state index is 0.0289. The molecule has 2 aromatic rings. The van der Waals surface area contributed by atoms with Crippen LogP contribution in [0.25, 0.3) is 0 Å². The number of primary sulfonamides is 1. The number of nitrogens with one attached hydrogen (secondary N) is 1. The van der Waals surface area contributed by atoms with Crippen LogP contribution in [0.3, 0.4) is 0 Å². The number of nitrogens with two attached hydrogens (primary N) is 1. The van der Waals surface area contributed by atoms with E-state index in [2.05, 4.69) is 19.2 Å². The van der Waals surface area contributed by atoms with Crippen molar-refractivity contribution in [3.63, 3.8) is 0 Å². The molecule has 0 fully saturated rings. The molecule has 0 saturated heterocycles. The third-order valence-electron chi connectivity index (χ3n) is 3.52. The Labute approximate surface area is 153 Å². The predicted octanol–water partition coefficient (Wildman–Crippen LogP) is 3.33. The van der Waals surface area contributed by atoms with Crippen LogP contribution in [0.1, 0.15) is 42.7 Å². The Hall–Kier alpha value is -1.83. The maximum absolute atomic E-state index is 12.4. The summed E-state index contributed by atoms with van der Waals surface area (Å²) in [6.07, 6.45) is 0. The molecule has 1 unspecified atom stereocenters. The molecule has 0 saturated carbocycles. The zero-order valence-electron chi connectivity index (χ0n) is 14.4. The van der Waals surface area contributed by atoms with Gasteiger partial charge in [-0.15, -0.1) is 11.8 Å². The van der Waals surface area contributed by atoms with Crippen molar-refractivity contribution in [2.24, 2.45) is 5.14 Å². The summed E-state index contributed by atoms with van der Waals surface area (Å²) in [5, 5.41) is 8.50. The smallest absolute Gasteiger partial charge is 0.251 e. The number of rotatable bonds is 6. The van der Waals surface area contributed by atoms with E-state index in [0.717, 1.165) is 4.90 Å². The third kappa shape index (κ3) is 5.59. The fourth-order valence-corrected chi connectivity index (χ4v) is 3.69. The highest BCUT2D eigenvalue weighted by molar-refractivity contribution is 7.99. The SMILES string of the molecule is CC(C)Sc1ccc(C(=O)NC(C)c2cccc(S(N)(=O)=O)c2)cc1. The standard InChI is InChI=1S/C18H22N2O3S2/c1-12(2)24-16-9-7-14(8-10-16)18(21)20-13(3)15-5-4-6-17(11-15)25(19,22)23/h4-13H,1-3H3,(H,20,21)(H2,19,22,23). The molecule has 1 amide bonds. The van der Waals surface area contributed by atoms with Crippen molar-refractivity contribution in [3.8, 4) is 0 Å². The summed E-state index contributed by atoms with van der Waals surface area (Å²) in [6.45, 7) is 6.02. The van der Waals surface area contributed by atoms with E-state index in [9.17, 15) is 13.2 Å². The molecule has 134 valence electrons. The second-order valence-corrected chi connectivity index (χ2v) is 9.21. The Kier molecular flexibility index (Phi) is 6.26. The van der Waals surface area contributed by atoms with E-state index in [0.29, 0.717) is 16.4 Å². The zero-order chi connectivity index (χ0) is 18.6. The molecule has 7 heteroatoms. The maximum Gasteiger partial charge on any atom is 0.251 e. The van der Waals surface area contributed by atoms with Gasteiger partial charge in [0.1, 0.15) is 0 Å². The summed E-state index contributed by atoms with van der Waals surface area (Å²) >= 11 is 1.73. The number of carbonyl (C=O) groups is 1. The Balaban J connectivity index is 2.10. The van der Waals surface area contributed by atoms with Gasteiger partial charge in [-0.2, -0.15) is 0 Å². The van der Waals surface area contributed by atoms with Gasteiger partial charge >= 0.3 is 0 Å². The Morgan fingerprint density at radius 2 is 1.72 bits per heavy atom. The summed E-state index contributed by atoms with van der Waals surface area (Å²) in [5.74, 6) is -0.213. The monoisotopic (exact) mass is 378 g/mol. The van der Waals surface area contributed by atoms with Crippen LogP contribution in [0, 0.1) is 0 Å². The van der Waals surface area contributed by atoms with Crippen molar-refractivity contribution in [1.29, 1.82) is 0 Å². The van der Waals surface area contributed by atoms with Gasteiger partial charge in [-0.3, -0.25) is 4.79 Å². The lowest BCUT2D eigenvalue weighted by molar-refractivity contribution is 0.0940. The quantitative estimate of drug-likeness (QED) is 0.755. The number of hydrogen-bond acceptors (Lipinski definition) is 4. The lowest BCUT2D eigenvalue weighted by Crippen LogP contribution is -2.26. The van der Waals surface area contributed by atoms with Crippen LogP contribution < -0.4 is 10.5 Å². The highest BCUT2D eigenvalue weighted by Crippen LogP contribution is 2.23. The molecule has 0 aliphatic rings. The highest BCUT2D eigenvalue weighted by Gasteiger charge is 2.14. The van der Waals surface area contributed by atoms with Crippen molar-refractivity contribution in [3.05, 3.63) is 59.7 Å². The fraction of sp³-hybridized carbons (Fsp3) is 0.278. The summed E-state index contributed by atoms with van der Waals surface area (Å²) in [6, 6.07) is 13.3. The number of sulfonamides is 1. The van der Waals surface area contributed by atoms with E-state index >= 15 is 0 Å². The average molecular weight is 379 g/mol. The summed E-state index contributed by atoms with van der Waals surface area (Å²) in [7, 11) is -3.77. The van der Waals surface area contributed by atoms with Gasteiger partial charge in [0, 0.05) is 15.7 Å². The Morgan fingerprint density at radius 1 is 1.08 bits per heavy atom. The molecule has 2 rings (SSSR count). The molecule has 0 aliphatic carbocycles. The third-order valence-corrected chi connectivity index (χ3v) is 5.45. The normalized spacial score (nSPS) is 12.8. The molecule has 0 heterocycles. The predicted molar refractivity (Wildman–Crippen MR) is 101 cm³/mol. The first-order chi connectivity index (χ1) is 11.7. The second kappa shape index (κ2) is 8.03.